The molecule has 2 heterocycles. The number of unbranched alkanes of at least 4 members (excludes halogenated alkanes) is 1. The maximum atomic E-state index is 12.7. The number of halogens is 3. The summed E-state index contributed by atoms with van der Waals surface area (Å²) < 4.78 is 64.3. The topological polar surface area (TPSA) is 94.1 Å². The van der Waals surface area contributed by atoms with Crippen molar-refractivity contribution in [2.24, 2.45) is 5.73 Å². The Labute approximate surface area is 120 Å². The first-order valence-electron chi connectivity index (χ1n) is 6.43. The minimum atomic E-state index is -4.59. The average Bonchev–Trinajstić information content (AvgIpc) is 2.81. The SMILES string of the molecule is NCCCCS(=O)(=O)N1CCn2c(nnc2C(F)(F)F)C1. The van der Waals surface area contributed by atoms with E-state index in [1.54, 1.807) is 0 Å². The molecule has 2 rings (SSSR count). The summed E-state index contributed by atoms with van der Waals surface area (Å²) in [6.07, 6.45) is -3.58. The third-order valence-electron chi connectivity index (χ3n) is 3.22. The van der Waals surface area contributed by atoms with Crippen molar-refractivity contribution in [2.45, 2.75) is 32.1 Å². The van der Waals surface area contributed by atoms with Crippen LogP contribution in [0.4, 0.5) is 13.2 Å². The zero-order chi connectivity index (χ0) is 15.7. The lowest BCUT2D eigenvalue weighted by atomic mass is 10.3. The van der Waals surface area contributed by atoms with Gasteiger partial charge in [-0.3, -0.25) is 0 Å². The fourth-order valence-electron chi connectivity index (χ4n) is 2.14. The van der Waals surface area contributed by atoms with E-state index in [0.717, 1.165) is 8.87 Å². The first-order valence-corrected chi connectivity index (χ1v) is 8.04. The molecule has 1 aliphatic rings. The number of alkyl halides is 3. The van der Waals surface area contributed by atoms with Crippen molar-refractivity contribution in [3.05, 3.63) is 11.6 Å². The van der Waals surface area contributed by atoms with E-state index in [1.165, 1.54) is 0 Å². The maximum Gasteiger partial charge on any atom is 0.451 e. The number of nitrogens with zero attached hydrogens (tertiary/aromatic N) is 4. The van der Waals surface area contributed by atoms with Crippen LogP contribution in [0.1, 0.15) is 24.5 Å². The molecule has 1 aromatic rings. The molecule has 11 heteroatoms. The number of aromatic nitrogens is 3. The van der Waals surface area contributed by atoms with Gasteiger partial charge in [-0.1, -0.05) is 0 Å². The fraction of sp³-hybridized carbons (Fsp3) is 0.800. The van der Waals surface area contributed by atoms with Crippen molar-refractivity contribution in [1.29, 1.82) is 0 Å². The van der Waals surface area contributed by atoms with E-state index in [4.69, 9.17) is 5.73 Å². The smallest absolute Gasteiger partial charge is 0.330 e. The molecule has 21 heavy (non-hydrogen) atoms. The number of hydrogen-bond acceptors (Lipinski definition) is 5. The molecule has 0 atom stereocenters. The van der Waals surface area contributed by atoms with Gasteiger partial charge in [-0.05, 0) is 19.4 Å². The quantitative estimate of drug-likeness (QED) is 0.779. The van der Waals surface area contributed by atoms with Crippen LogP contribution >= 0.6 is 0 Å². The van der Waals surface area contributed by atoms with Gasteiger partial charge in [0.2, 0.25) is 15.8 Å². The molecule has 0 bridgehead atoms. The third kappa shape index (κ3) is 3.52. The number of nitrogens with two attached hydrogens (primary N) is 1. The molecule has 1 aromatic heterocycles. The van der Waals surface area contributed by atoms with Crippen LogP contribution in [0.5, 0.6) is 0 Å². The molecular weight excluding hydrogens is 311 g/mol. The Hall–Kier alpha value is -1.20. The number of hydrogen-bond donors (Lipinski definition) is 1. The molecule has 0 unspecified atom stereocenters. The molecule has 1 aliphatic heterocycles. The van der Waals surface area contributed by atoms with Gasteiger partial charge in [0.25, 0.3) is 0 Å². The summed E-state index contributed by atoms with van der Waals surface area (Å²) in [4.78, 5) is 0. The van der Waals surface area contributed by atoms with E-state index in [0.29, 0.717) is 19.4 Å². The van der Waals surface area contributed by atoms with Gasteiger partial charge in [0.05, 0.1) is 12.3 Å². The lowest BCUT2D eigenvalue weighted by molar-refractivity contribution is -0.147. The van der Waals surface area contributed by atoms with Gasteiger partial charge in [0.15, 0.2) is 0 Å². The normalized spacial score (nSPS) is 17.0. The first kappa shape index (κ1) is 16.2. The Kier molecular flexibility index (Phi) is 4.54. The largest absolute Gasteiger partial charge is 0.451 e. The van der Waals surface area contributed by atoms with Crippen LogP contribution in [-0.4, -0.2) is 46.3 Å². The van der Waals surface area contributed by atoms with E-state index >= 15 is 0 Å². The van der Waals surface area contributed by atoms with Gasteiger partial charge < -0.3 is 10.3 Å². The number of rotatable bonds is 5. The molecule has 0 aromatic carbocycles. The molecular formula is C10H16F3N5O2S. The molecule has 0 radical (unpaired) electrons. The predicted octanol–water partition coefficient (Wildman–Crippen LogP) is 0.181. The summed E-state index contributed by atoms with van der Waals surface area (Å²) in [7, 11) is -3.51. The summed E-state index contributed by atoms with van der Waals surface area (Å²) >= 11 is 0. The summed E-state index contributed by atoms with van der Waals surface area (Å²) in [5.41, 5.74) is 5.31. The Morgan fingerprint density at radius 2 is 1.90 bits per heavy atom. The molecule has 0 saturated heterocycles. The molecule has 0 fully saturated rings. The molecule has 2 N–H and O–H groups in total. The van der Waals surface area contributed by atoms with E-state index in [-0.39, 0.29) is 31.2 Å². The number of sulfonamides is 1. The number of fused-ring (bicyclic) bond motifs is 1. The Bertz CT molecular complexity index is 598. The van der Waals surface area contributed by atoms with Gasteiger partial charge in [-0.15, -0.1) is 10.2 Å². The predicted molar refractivity (Wildman–Crippen MR) is 67.5 cm³/mol. The van der Waals surface area contributed by atoms with Gasteiger partial charge in [0.1, 0.15) is 5.82 Å². The van der Waals surface area contributed by atoms with Crippen LogP contribution in [0, 0.1) is 0 Å². The van der Waals surface area contributed by atoms with E-state index < -0.39 is 22.0 Å². The summed E-state index contributed by atoms with van der Waals surface area (Å²) in [5.74, 6) is -1.14. The Morgan fingerprint density at radius 3 is 2.52 bits per heavy atom. The minimum Gasteiger partial charge on any atom is -0.330 e. The van der Waals surface area contributed by atoms with Gasteiger partial charge in [-0.25, -0.2) is 8.42 Å². The van der Waals surface area contributed by atoms with Crippen molar-refractivity contribution in [2.75, 3.05) is 18.8 Å². The lowest BCUT2D eigenvalue weighted by Gasteiger charge is -2.27. The van der Waals surface area contributed by atoms with Gasteiger partial charge in [0, 0.05) is 13.1 Å². The minimum absolute atomic E-state index is 0.0102. The van der Waals surface area contributed by atoms with Crippen LogP contribution in [0.3, 0.4) is 0 Å². The zero-order valence-electron chi connectivity index (χ0n) is 11.2. The van der Waals surface area contributed by atoms with Crippen LogP contribution < -0.4 is 5.73 Å². The summed E-state index contributed by atoms with van der Waals surface area (Å²) in [6, 6.07) is 0. The van der Waals surface area contributed by atoms with Gasteiger partial charge in [-0.2, -0.15) is 17.5 Å². The highest BCUT2D eigenvalue weighted by molar-refractivity contribution is 7.89. The lowest BCUT2D eigenvalue weighted by Crippen LogP contribution is -2.40. The fourth-order valence-corrected chi connectivity index (χ4v) is 3.64. The monoisotopic (exact) mass is 327 g/mol. The van der Waals surface area contributed by atoms with Crippen molar-refractivity contribution in [1.82, 2.24) is 19.1 Å². The second kappa shape index (κ2) is 5.89. The van der Waals surface area contributed by atoms with Crippen molar-refractivity contribution in [3.8, 4) is 0 Å². The van der Waals surface area contributed by atoms with Crippen molar-refractivity contribution < 1.29 is 21.6 Å². The third-order valence-corrected chi connectivity index (χ3v) is 5.12. The van der Waals surface area contributed by atoms with Crippen molar-refractivity contribution >= 4 is 10.0 Å². The highest BCUT2D eigenvalue weighted by Crippen LogP contribution is 2.29. The average molecular weight is 327 g/mol. The molecule has 0 aliphatic carbocycles. The molecule has 0 saturated carbocycles. The second-order valence-electron chi connectivity index (χ2n) is 4.73. The van der Waals surface area contributed by atoms with Crippen LogP contribution in [-0.2, 0) is 29.3 Å². The highest BCUT2D eigenvalue weighted by atomic mass is 32.2. The van der Waals surface area contributed by atoms with Crippen LogP contribution in [0.2, 0.25) is 0 Å². The molecule has 120 valence electrons. The maximum absolute atomic E-state index is 12.7. The molecule has 0 spiro atoms. The van der Waals surface area contributed by atoms with Gasteiger partial charge >= 0.3 is 6.18 Å². The first-order chi connectivity index (χ1) is 9.75. The van der Waals surface area contributed by atoms with E-state index in [9.17, 15) is 21.6 Å². The standard InChI is InChI=1S/C10H16F3N5O2S/c11-10(12,13)9-16-15-8-7-17(4-5-18(8)9)21(19,20)6-2-1-3-14/h1-7,14H2. The van der Waals surface area contributed by atoms with Crippen molar-refractivity contribution in [3.63, 3.8) is 0 Å². The Balaban J connectivity index is 2.12. The second-order valence-corrected chi connectivity index (χ2v) is 6.82. The van der Waals surface area contributed by atoms with Crippen LogP contribution in [0.15, 0.2) is 0 Å². The highest BCUT2D eigenvalue weighted by Gasteiger charge is 2.40. The molecule has 7 nitrogen and oxygen atoms in total. The Morgan fingerprint density at radius 1 is 1.19 bits per heavy atom. The van der Waals surface area contributed by atoms with E-state index in [2.05, 4.69) is 10.2 Å². The van der Waals surface area contributed by atoms with Crippen LogP contribution in [0.25, 0.3) is 0 Å². The molecule has 0 amide bonds. The summed E-state index contributed by atoms with van der Waals surface area (Å²) in [6.45, 7) is 0.0964. The zero-order valence-corrected chi connectivity index (χ0v) is 12.0. The summed E-state index contributed by atoms with van der Waals surface area (Å²) in [5, 5.41) is 6.56. The van der Waals surface area contributed by atoms with E-state index in [1.807, 2.05) is 0 Å².